The molecule has 1 aromatic heterocycles. The number of fused-ring (bicyclic) bond motifs is 1. The maximum Gasteiger partial charge on any atom is 0.350 e. The Kier molecular flexibility index (Phi) is 5.69. The summed E-state index contributed by atoms with van der Waals surface area (Å²) in [6, 6.07) is 5.55. The second kappa shape index (κ2) is 8.17. The standard InChI is InChI=1S/C18H18N4O5S/c1-3-27-17(26)14-9(2)19-18(28-14)22-13(23)8-12-16(25)20-11-7-5-4-6-10(11)15(24)21-12/h4-7,12H,3,8H2,1-2H3,(H,20,25)(H,21,24)(H,19,22,23)/t12-/m1/s1. The molecular formula is C18H18N4O5S. The zero-order valence-electron chi connectivity index (χ0n) is 15.2. The summed E-state index contributed by atoms with van der Waals surface area (Å²) in [6.07, 6.45) is -0.279. The molecule has 10 heteroatoms. The lowest BCUT2D eigenvalue weighted by Gasteiger charge is -2.13. The van der Waals surface area contributed by atoms with Crippen LogP contribution in [0.25, 0.3) is 0 Å². The Morgan fingerprint density at radius 2 is 2.04 bits per heavy atom. The lowest BCUT2D eigenvalue weighted by Crippen LogP contribution is -2.43. The molecule has 2 heterocycles. The Bertz CT molecular complexity index is 955. The van der Waals surface area contributed by atoms with Crippen molar-refractivity contribution in [2.45, 2.75) is 26.3 Å². The fourth-order valence-electron chi connectivity index (χ4n) is 2.65. The third-order valence-corrected chi connectivity index (χ3v) is 5.00. The zero-order valence-corrected chi connectivity index (χ0v) is 16.0. The number of carbonyl (C=O) groups excluding carboxylic acids is 4. The van der Waals surface area contributed by atoms with Gasteiger partial charge in [-0.2, -0.15) is 0 Å². The molecule has 2 aromatic rings. The summed E-state index contributed by atoms with van der Waals surface area (Å²) >= 11 is 0.988. The van der Waals surface area contributed by atoms with Crippen LogP contribution in [-0.4, -0.2) is 41.3 Å². The number of para-hydroxylation sites is 1. The number of aromatic nitrogens is 1. The first-order chi connectivity index (χ1) is 13.4. The Morgan fingerprint density at radius 1 is 1.29 bits per heavy atom. The van der Waals surface area contributed by atoms with Crippen LogP contribution >= 0.6 is 11.3 Å². The summed E-state index contributed by atoms with van der Waals surface area (Å²) in [5.74, 6) is -1.96. The number of nitrogens with one attached hydrogen (secondary N) is 3. The average molecular weight is 402 g/mol. The summed E-state index contributed by atoms with van der Waals surface area (Å²) in [5.41, 5.74) is 1.16. The van der Waals surface area contributed by atoms with E-state index in [0.717, 1.165) is 11.3 Å². The number of benzene rings is 1. The Hall–Kier alpha value is -3.27. The maximum atomic E-state index is 12.3. The number of aryl methyl sites for hydroxylation is 1. The molecule has 0 unspecified atom stereocenters. The first kappa shape index (κ1) is 19.5. The minimum absolute atomic E-state index is 0.217. The summed E-state index contributed by atoms with van der Waals surface area (Å²) in [7, 11) is 0. The molecule has 3 amide bonds. The monoisotopic (exact) mass is 402 g/mol. The summed E-state index contributed by atoms with van der Waals surface area (Å²) in [6.45, 7) is 3.56. The number of hydrogen-bond acceptors (Lipinski definition) is 7. The number of rotatable bonds is 5. The van der Waals surface area contributed by atoms with Crippen LogP contribution < -0.4 is 16.0 Å². The van der Waals surface area contributed by atoms with Crippen LogP contribution in [0.3, 0.4) is 0 Å². The van der Waals surface area contributed by atoms with E-state index in [4.69, 9.17) is 4.74 Å². The van der Waals surface area contributed by atoms with Crippen LogP contribution in [0.5, 0.6) is 0 Å². The van der Waals surface area contributed by atoms with E-state index in [0.29, 0.717) is 21.8 Å². The van der Waals surface area contributed by atoms with Crippen molar-refractivity contribution in [2.24, 2.45) is 0 Å². The van der Waals surface area contributed by atoms with E-state index < -0.39 is 29.7 Å². The lowest BCUT2D eigenvalue weighted by molar-refractivity contribution is -0.122. The van der Waals surface area contributed by atoms with Crippen LogP contribution in [0.1, 0.15) is 39.1 Å². The van der Waals surface area contributed by atoms with Crippen molar-refractivity contribution in [1.82, 2.24) is 10.3 Å². The van der Waals surface area contributed by atoms with E-state index in [-0.39, 0.29) is 18.2 Å². The van der Waals surface area contributed by atoms with E-state index >= 15 is 0 Å². The van der Waals surface area contributed by atoms with Gasteiger partial charge in [0.05, 0.1) is 30.0 Å². The van der Waals surface area contributed by atoms with Crippen LogP contribution in [-0.2, 0) is 14.3 Å². The molecule has 0 aliphatic carbocycles. The number of esters is 1. The van der Waals surface area contributed by atoms with Gasteiger partial charge in [0.15, 0.2) is 5.13 Å². The average Bonchev–Trinajstić information content (AvgIpc) is 2.96. The Morgan fingerprint density at radius 3 is 2.79 bits per heavy atom. The molecule has 146 valence electrons. The number of amides is 3. The number of thiazole rings is 1. The van der Waals surface area contributed by atoms with Gasteiger partial charge in [-0.05, 0) is 26.0 Å². The number of ether oxygens (including phenoxy) is 1. The number of carbonyl (C=O) groups is 4. The topological polar surface area (TPSA) is 126 Å². The largest absolute Gasteiger partial charge is 0.462 e. The summed E-state index contributed by atoms with van der Waals surface area (Å²) in [4.78, 5) is 53.3. The molecular weight excluding hydrogens is 384 g/mol. The molecule has 1 aliphatic heterocycles. The smallest absolute Gasteiger partial charge is 0.350 e. The molecule has 0 spiro atoms. The molecule has 0 fully saturated rings. The fourth-order valence-corrected chi connectivity index (χ4v) is 3.52. The maximum absolute atomic E-state index is 12.3. The van der Waals surface area contributed by atoms with Gasteiger partial charge in [-0.25, -0.2) is 9.78 Å². The van der Waals surface area contributed by atoms with Crippen LogP contribution in [0.4, 0.5) is 10.8 Å². The predicted molar refractivity (Wildman–Crippen MR) is 102 cm³/mol. The Labute approximate surface area is 164 Å². The van der Waals surface area contributed by atoms with Crippen molar-refractivity contribution in [3.05, 3.63) is 40.4 Å². The third kappa shape index (κ3) is 4.17. The highest BCUT2D eigenvalue weighted by atomic mass is 32.1. The van der Waals surface area contributed by atoms with E-state index in [1.807, 2.05) is 0 Å². The van der Waals surface area contributed by atoms with E-state index in [9.17, 15) is 19.2 Å². The van der Waals surface area contributed by atoms with Crippen molar-refractivity contribution in [3.8, 4) is 0 Å². The van der Waals surface area contributed by atoms with E-state index in [1.165, 1.54) is 0 Å². The quantitative estimate of drug-likeness (QED) is 0.654. The van der Waals surface area contributed by atoms with E-state index in [1.54, 1.807) is 38.1 Å². The van der Waals surface area contributed by atoms with Crippen molar-refractivity contribution >= 4 is 45.8 Å². The number of anilines is 2. The van der Waals surface area contributed by atoms with Gasteiger partial charge in [0.2, 0.25) is 11.8 Å². The second-order valence-corrected chi connectivity index (χ2v) is 6.97. The van der Waals surface area contributed by atoms with Gasteiger partial charge in [0, 0.05) is 0 Å². The zero-order chi connectivity index (χ0) is 20.3. The fraction of sp³-hybridized carbons (Fsp3) is 0.278. The van der Waals surface area contributed by atoms with E-state index in [2.05, 4.69) is 20.9 Å². The molecule has 0 radical (unpaired) electrons. The second-order valence-electron chi connectivity index (χ2n) is 5.97. The molecule has 9 nitrogen and oxygen atoms in total. The molecule has 0 saturated heterocycles. The normalized spacial score (nSPS) is 15.7. The van der Waals surface area contributed by atoms with Gasteiger partial charge < -0.3 is 20.7 Å². The highest BCUT2D eigenvalue weighted by molar-refractivity contribution is 7.17. The van der Waals surface area contributed by atoms with Crippen LogP contribution in [0, 0.1) is 6.92 Å². The van der Waals surface area contributed by atoms with Gasteiger partial charge in [0.1, 0.15) is 10.9 Å². The minimum atomic E-state index is -1.04. The molecule has 3 N–H and O–H groups in total. The summed E-state index contributed by atoms with van der Waals surface area (Å²) < 4.78 is 4.94. The molecule has 1 aliphatic rings. The summed E-state index contributed by atoms with van der Waals surface area (Å²) in [5, 5.41) is 7.96. The van der Waals surface area contributed by atoms with Gasteiger partial charge in [-0.15, -0.1) is 0 Å². The first-order valence-electron chi connectivity index (χ1n) is 8.54. The van der Waals surface area contributed by atoms with Crippen molar-refractivity contribution in [1.29, 1.82) is 0 Å². The molecule has 3 rings (SSSR count). The first-order valence-corrected chi connectivity index (χ1v) is 9.35. The van der Waals surface area contributed by atoms with Gasteiger partial charge >= 0.3 is 5.97 Å². The molecule has 1 aromatic carbocycles. The predicted octanol–water partition coefficient (Wildman–Crippen LogP) is 1.71. The van der Waals surface area contributed by atoms with Gasteiger partial charge in [-0.3, -0.25) is 14.4 Å². The lowest BCUT2D eigenvalue weighted by atomic mass is 10.1. The highest BCUT2D eigenvalue weighted by Gasteiger charge is 2.29. The highest BCUT2D eigenvalue weighted by Crippen LogP contribution is 2.24. The van der Waals surface area contributed by atoms with Crippen LogP contribution in [0.2, 0.25) is 0 Å². The number of hydrogen-bond donors (Lipinski definition) is 3. The van der Waals surface area contributed by atoms with Crippen molar-refractivity contribution < 1.29 is 23.9 Å². The number of nitrogens with zero attached hydrogens (tertiary/aromatic N) is 1. The molecule has 28 heavy (non-hydrogen) atoms. The third-order valence-electron chi connectivity index (χ3n) is 3.94. The minimum Gasteiger partial charge on any atom is -0.462 e. The molecule has 1 atom stereocenters. The van der Waals surface area contributed by atoms with Gasteiger partial charge in [0.25, 0.3) is 5.91 Å². The molecule has 0 bridgehead atoms. The van der Waals surface area contributed by atoms with Crippen LogP contribution in [0.15, 0.2) is 24.3 Å². The SMILES string of the molecule is CCOC(=O)c1sc(NC(=O)C[C@H]2NC(=O)c3ccccc3NC2=O)nc1C. The van der Waals surface area contributed by atoms with Crippen molar-refractivity contribution in [3.63, 3.8) is 0 Å². The van der Waals surface area contributed by atoms with Crippen molar-refractivity contribution in [2.75, 3.05) is 17.2 Å². The molecule has 0 saturated carbocycles. The van der Waals surface area contributed by atoms with Gasteiger partial charge in [-0.1, -0.05) is 23.5 Å². The Balaban J connectivity index is 1.67.